The van der Waals surface area contributed by atoms with Gasteiger partial charge >= 0.3 is 12.1 Å². The van der Waals surface area contributed by atoms with Gasteiger partial charge in [0, 0.05) is 38.8 Å². The second-order valence-corrected chi connectivity index (χ2v) is 6.79. The number of likely N-dealkylation sites (tertiary alicyclic amines) is 2. The summed E-state index contributed by atoms with van der Waals surface area (Å²) in [4.78, 5) is 19.9. The molecule has 1 N–H and O–H groups in total. The minimum absolute atomic E-state index is 0.0366. The molecule has 0 saturated carbocycles. The van der Waals surface area contributed by atoms with Crippen LogP contribution in [0.4, 0.5) is 13.2 Å². The average Bonchev–Trinajstić information content (AvgIpc) is 3.00. The topological polar surface area (TPSA) is 57.2 Å². The molecule has 0 aromatic carbocycles. The molecule has 150 valence electrons. The summed E-state index contributed by atoms with van der Waals surface area (Å²) in [6.45, 7) is 6.02. The van der Waals surface area contributed by atoms with Crippen molar-refractivity contribution in [1.29, 1.82) is 0 Å². The Hall–Kier alpha value is -1.51. The Balaban J connectivity index is 1.85. The van der Waals surface area contributed by atoms with Crippen molar-refractivity contribution in [2.75, 3.05) is 45.9 Å². The first-order valence-corrected chi connectivity index (χ1v) is 9.34. The highest BCUT2D eigenvalue weighted by molar-refractivity contribution is 5.81. The number of carbonyl (C=O) groups excluding carboxylic acids is 1. The summed E-state index contributed by atoms with van der Waals surface area (Å²) < 4.78 is 42.7. The fraction of sp³-hybridized carbons (Fsp3) is 0.882. The van der Waals surface area contributed by atoms with Gasteiger partial charge in [0.1, 0.15) is 0 Å². The third-order valence-electron chi connectivity index (χ3n) is 4.73. The van der Waals surface area contributed by atoms with Crippen LogP contribution < -0.4 is 5.32 Å². The molecule has 9 heteroatoms. The van der Waals surface area contributed by atoms with Crippen LogP contribution in [0.15, 0.2) is 4.99 Å². The molecule has 0 bridgehead atoms. The fourth-order valence-corrected chi connectivity index (χ4v) is 3.50. The molecule has 2 saturated heterocycles. The first kappa shape index (κ1) is 20.8. The van der Waals surface area contributed by atoms with Crippen LogP contribution in [-0.2, 0) is 9.53 Å². The molecule has 2 fully saturated rings. The van der Waals surface area contributed by atoms with E-state index < -0.39 is 12.7 Å². The Bertz CT molecular complexity index is 491. The number of nitrogens with one attached hydrogen (secondary N) is 1. The summed E-state index contributed by atoms with van der Waals surface area (Å²) in [6.07, 6.45) is -2.09. The number of hydrogen-bond donors (Lipinski definition) is 1. The van der Waals surface area contributed by atoms with Gasteiger partial charge in [0.25, 0.3) is 0 Å². The number of rotatable bonds is 5. The zero-order valence-electron chi connectivity index (χ0n) is 15.5. The van der Waals surface area contributed by atoms with E-state index in [1.165, 1.54) is 4.90 Å². The van der Waals surface area contributed by atoms with Crippen LogP contribution >= 0.6 is 0 Å². The lowest BCUT2D eigenvalue weighted by Gasteiger charge is -2.34. The number of piperidine rings is 1. The van der Waals surface area contributed by atoms with Crippen molar-refractivity contribution in [3.05, 3.63) is 0 Å². The van der Waals surface area contributed by atoms with E-state index in [1.54, 1.807) is 6.92 Å². The normalized spacial score (nSPS) is 23.3. The maximum Gasteiger partial charge on any atom is 0.401 e. The number of esters is 1. The smallest absolute Gasteiger partial charge is 0.401 e. The molecule has 0 aromatic rings. The van der Waals surface area contributed by atoms with E-state index >= 15 is 0 Å². The molecule has 6 nitrogen and oxygen atoms in total. The van der Waals surface area contributed by atoms with Gasteiger partial charge in [-0.25, -0.2) is 0 Å². The van der Waals surface area contributed by atoms with Crippen molar-refractivity contribution in [3.63, 3.8) is 0 Å². The zero-order chi connectivity index (χ0) is 19.2. The lowest BCUT2D eigenvalue weighted by atomic mass is 9.97. The lowest BCUT2D eigenvalue weighted by molar-refractivity contribution is -0.149. The van der Waals surface area contributed by atoms with Crippen molar-refractivity contribution in [3.8, 4) is 0 Å². The minimum atomic E-state index is -4.16. The Labute approximate surface area is 152 Å². The number of halogens is 3. The van der Waals surface area contributed by atoms with E-state index in [1.807, 2.05) is 6.92 Å². The maximum atomic E-state index is 12.5. The number of alkyl halides is 3. The maximum absolute atomic E-state index is 12.5. The molecule has 0 aliphatic carbocycles. The number of nitrogens with zero attached hydrogens (tertiary/aromatic N) is 3. The molecule has 1 unspecified atom stereocenters. The van der Waals surface area contributed by atoms with Crippen molar-refractivity contribution >= 4 is 11.9 Å². The number of ether oxygens (including phenoxy) is 1. The van der Waals surface area contributed by atoms with Gasteiger partial charge in [-0.05, 0) is 33.1 Å². The second-order valence-electron chi connectivity index (χ2n) is 6.79. The van der Waals surface area contributed by atoms with E-state index in [9.17, 15) is 18.0 Å². The highest BCUT2D eigenvalue weighted by Gasteiger charge is 2.35. The molecular weight excluding hydrogens is 349 g/mol. The van der Waals surface area contributed by atoms with Crippen LogP contribution in [-0.4, -0.2) is 79.8 Å². The molecule has 0 radical (unpaired) electrons. The molecule has 26 heavy (non-hydrogen) atoms. The van der Waals surface area contributed by atoms with Gasteiger partial charge in [0.05, 0.1) is 19.1 Å². The van der Waals surface area contributed by atoms with Gasteiger partial charge in [-0.1, -0.05) is 0 Å². The molecule has 1 atom stereocenters. The third kappa shape index (κ3) is 6.34. The van der Waals surface area contributed by atoms with Gasteiger partial charge in [-0.3, -0.25) is 14.7 Å². The SMILES string of the molecule is CCN=C(NC1CCN(CC(F)(F)F)C1)N1CCC(C(=O)OCC)CC1. The predicted molar refractivity (Wildman–Crippen MR) is 92.9 cm³/mol. The monoisotopic (exact) mass is 378 g/mol. The lowest BCUT2D eigenvalue weighted by Crippen LogP contribution is -2.50. The van der Waals surface area contributed by atoms with Crippen LogP contribution in [0.25, 0.3) is 0 Å². The van der Waals surface area contributed by atoms with Crippen molar-refractivity contribution < 1.29 is 22.7 Å². The Morgan fingerprint density at radius 2 is 1.88 bits per heavy atom. The highest BCUT2D eigenvalue weighted by Crippen LogP contribution is 2.21. The summed E-state index contributed by atoms with van der Waals surface area (Å²) in [5, 5.41) is 3.32. The van der Waals surface area contributed by atoms with E-state index in [0.717, 1.165) is 5.96 Å². The first-order chi connectivity index (χ1) is 12.3. The summed E-state index contributed by atoms with van der Waals surface area (Å²) in [7, 11) is 0. The van der Waals surface area contributed by atoms with Gasteiger partial charge in [0.15, 0.2) is 5.96 Å². The van der Waals surface area contributed by atoms with Crippen LogP contribution in [0.2, 0.25) is 0 Å². The van der Waals surface area contributed by atoms with Crippen molar-refractivity contribution in [2.24, 2.45) is 10.9 Å². The number of guanidine groups is 1. The molecule has 0 aromatic heterocycles. The largest absolute Gasteiger partial charge is 0.466 e. The van der Waals surface area contributed by atoms with Crippen LogP contribution in [0.1, 0.15) is 33.1 Å². The molecule has 2 aliphatic heterocycles. The van der Waals surface area contributed by atoms with Crippen LogP contribution in [0.3, 0.4) is 0 Å². The highest BCUT2D eigenvalue weighted by atomic mass is 19.4. The van der Waals surface area contributed by atoms with Crippen LogP contribution in [0, 0.1) is 5.92 Å². The number of aliphatic imine (C=N–C) groups is 1. The van der Waals surface area contributed by atoms with E-state index in [2.05, 4.69) is 15.2 Å². The summed E-state index contributed by atoms with van der Waals surface area (Å²) in [5.41, 5.74) is 0. The quantitative estimate of drug-likeness (QED) is 0.450. The molecular formula is C17H29F3N4O2. The van der Waals surface area contributed by atoms with Crippen LogP contribution in [0.5, 0.6) is 0 Å². The van der Waals surface area contributed by atoms with Gasteiger partial charge < -0.3 is 15.0 Å². The van der Waals surface area contributed by atoms with E-state index in [-0.39, 0.29) is 17.9 Å². The van der Waals surface area contributed by atoms with Crippen molar-refractivity contribution in [1.82, 2.24) is 15.1 Å². The Morgan fingerprint density at radius 1 is 1.19 bits per heavy atom. The summed E-state index contributed by atoms with van der Waals surface area (Å²) in [5.74, 6) is 0.504. The number of carbonyl (C=O) groups is 1. The van der Waals surface area contributed by atoms with Crippen molar-refractivity contribution in [2.45, 2.75) is 45.3 Å². The number of hydrogen-bond acceptors (Lipinski definition) is 4. The Morgan fingerprint density at radius 3 is 2.46 bits per heavy atom. The van der Waals surface area contributed by atoms with E-state index in [0.29, 0.717) is 58.6 Å². The molecule has 2 heterocycles. The summed E-state index contributed by atoms with van der Waals surface area (Å²) >= 11 is 0. The van der Waals surface area contributed by atoms with Gasteiger partial charge in [-0.2, -0.15) is 13.2 Å². The first-order valence-electron chi connectivity index (χ1n) is 9.34. The molecule has 2 rings (SSSR count). The molecule has 0 amide bonds. The third-order valence-corrected chi connectivity index (χ3v) is 4.73. The summed E-state index contributed by atoms with van der Waals surface area (Å²) in [6, 6.07) is -0.0366. The standard InChI is InChI=1S/C17H29F3N4O2/c1-3-21-16(22-14-7-8-23(11-14)12-17(18,19)20)24-9-5-13(6-10-24)15(25)26-4-2/h13-14H,3-12H2,1-2H3,(H,21,22). The predicted octanol–water partition coefficient (Wildman–Crippen LogP) is 1.86. The minimum Gasteiger partial charge on any atom is -0.466 e. The molecule has 2 aliphatic rings. The van der Waals surface area contributed by atoms with E-state index in [4.69, 9.17) is 4.74 Å². The second kappa shape index (κ2) is 9.43. The zero-order valence-corrected chi connectivity index (χ0v) is 15.5. The Kier molecular flexibility index (Phi) is 7.55. The van der Waals surface area contributed by atoms with Gasteiger partial charge in [-0.15, -0.1) is 0 Å². The van der Waals surface area contributed by atoms with Gasteiger partial charge in [0.2, 0.25) is 0 Å². The average molecular weight is 378 g/mol. The fourth-order valence-electron chi connectivity index (χ4n) is 3.50. The molecule has 0 spiro atoms.